The lowest BCUT2D eigenvalue weighted by atomic mass is 9.87. The zero-order valence-electron chi connectivity index (χ0n) is 15.0. The Hall–Kier alpha value is -3.09. The molecule has 0 saturated heterocycles. The van der Waals surface area contributed by atoms with E-state index < -0.39 is 0 Å². The summed E-state index contributed by atoms with van der Waals surface area (Å²) in [6.45, 7) is -0.00250. The molecule has 0 aliphatic heterocycles. The van der Waals surface area contributed by atoms with Crippen molar-refractivity contribution in [2.24, 2.45) is 0 Å². The lowest BCUT2D eigenvalue weighted by Crippen LogP contribution is -2.36. The molecule has 7 heteroatoms. The number of halogens is 1. The average molecular weight is 365 g/mol. The number of fused-ring (bicyclic) bond motifs is 1. The molecule has 1 heterocycles. The molecule has 0 N–H and O–H groups in total. The van der Waals surface area contributed by atoms with Crippen LogP contribution in [0.1, 0.15) is 30.0 Å². The molecule has 138 valence electrons. The Kier molecular flexibility index (Phi) is 4.66. The number of hydrogen-bond acceptors (Lipinski definition) is 4. The Morgan fingerprint density at radius 2 is 2.11 bits per heavy atom. The minimum Gasteiger partial charge on any atom is -0.337 e. The molecule has 6 nitrogen and oxygen atoms in total. The number of benzene rings is 2. The Morgan fingerprint density at radius 3 is 2.96 bits per heavy atom. The molecule has 1 aromatic heterocycles. The molecule has 27 heavy (non-hydrogen) atoms. The van der Waals surface area contributed by atoms with Crippen LogP contribution in [0.4, 0.5) is 4.39 Å². The first-order chi connectivity index (χ1) is 13.1. The van der Waals surface area contributed by atoms with Crippen molar-refractivity contribution in [3.63, 3.8) is 0 Å². The molecule has 2 aromatic carbocycles. The first kappa shape index (κ1) is 17.3. The Labute approximate surface area is 156 Å². The highest BCUT2D eigenvalue weighted by atomic mass is 19.1. The molecule has 4 rings (SSSR count). The molecule has 1 aliphatic rings. The number of nitrogens with zero attached hydrogens (tertiary/aromatic N) is 5. The molecule has 0 bridgehead atoms. The van der Waals surface area contributed by atoms with Gasteiger partial charge in [-0.1, -0.05) is 36.4 Å². The monoisotopic (exact) mass is 365 g/mol. The third-order valence-electron chi connectivity index (χ3n) is 5.01. The maximum atomic E-state index is 13.4. The molecular formula is C20H20FN5O. The van der Waals surface area contributed by atoms with Crippen molar-refractivity contribution >= 4 is 5.91 Å². The van der Waals surface area contributed by atoms with Gasteiger partial charge in [0, 0.05) is 12.6 Å². The molecule has 1 aliphatic carbocycles. The zero-order valence-corrected chi connectivity index (χ0v) is 15.0. The lowest BCUT2D eigenvalue weighted by molar-refractivity contribution is -0.133. The van der Waals surface area contributed by atoms with Crippen molar-refractivity contribution in [2.75, 3.05) is 7.05 Å². The first-order valence-corrected chi connectivity index (χ1v) is 8.99. The molecule has 3 aromatic rings. The highest BCUT2D eigenvalue weighted by Crippen LogP contribution is 2.33. The summed E-state index contributed by atoms with van der Waals surface area (Å²) in [4.78, 5) is 15.8. The van der Waals surface area contributed by atoms with Gasteiger partial charge in [0.25, 0.3) is 0 Å². The second-order valence-electron chi connectivity index (χ2n) is 6.77. The van der Waals surface area contributed by atoms with Crippen molar-refractivity contribution < 1.29 is 9.18 Å². The Balaban J connectivity index is 1.48. The predicted octanol–water partition coefficient (Wildman–Crippen LogP) is 3.02. The Morgan fingerprint density at radius 1 is 1.26 bits per heavy atom. The molecule has 0 unspecified atom stereocenters. The van der Waals surface area contributed by atoms with Crippen molar-refractivity contribution in [1.82, 2.24) is 25.1 Å². The standard InChI is InChI=1S/C20H20FN5O/c1-25(18-11-5-7-14-6-2-3-10-17(14)18)19(27)13-26-23-20(22-24-26)15-8-4-9-16(21)12-15/h2-4,6,8-10,12,18H,5,7,11,13H2,1H3/t18-/m0/s1. The van der Waals surface area contributed by atoms with E-state index in [1.165, 1.54) is 28.1 Å². The summed E-state index contributed by atoms with van der Waals surface area (Å²) in [6.07, 6.45) is 3.06. The zero-order chi connectivity index (χ0) is 18.8. The van der Waals surface area contributed by atoms with Gasteiger partial charge in [-0.05, 0) is 47.7 Å². The van der Waals surface area contributed by atoms with Gasteiger partial charge in [0.15, 0.2) is 0 Å². The number of rotatable bonds is 4. The van der Waals surface area contributed by atoms with Gasteiger partial charge in [0.05, 0.1) is 6.04 Å². The number of aromatic nitrogens is 4. The molecular weight excluding hydrogens is 345 g/mol. The van der Waals surface area contributed by atoms with E-state index in [0.29, 0.717) is 11.4 Å². The highest BCUT2D eigenvalue weighted by molar-refractivity contribution is 5.76. The number of carbonyl (C=O) groups is 1. The third kappa shape index (κ3) is 3.58. The number of aryl methyl sites for hydroxylation is 1. The summed E-state index contributed by atoms with van der Waals surface area (Å²) < 4.78 is 13.4. The number of amides is 1. The van der Waals surface area contributed by atoms with Gasteiger partial charge in [0.1, 0.15) is 12.4 Å². The van der Waals surface area contributed by atoms with E-state index in [1.54, 1.807) is 17.0 Å². The number of tetrazole rings is 1. The summed E-state index contributed by atoms with van der Waals surface area (Å²) >= 11 is 0. The van der Waals surface area contributed by atoms with Crippen LogP contribution in [0.2, 0.25) is 0 Å². The average Bonchev–Trinajstić information content (AvgIpc) is 3.15. The fraction of sp³-hybridized carbons (Fsp3) is 0.300. The summed E-state index contributed by atoms with van der Waals surface area (Å²) in [5.41, 5.74) is 3.05. The normalized spacial score (nSPS) is 16.0. The van der Waals surface area contributed by atoms with E-state index in [9.17, 15) is 9.18 Å². The van der Waals surface area contributed by atoms with Gasteiger partial charge >= 0.3 is 0 Å². The van der Waals surface area contributed by atoms with Crippen LogP contribution in [0.3, 0.4) is 0 Å². The van der Waals surface area contributed by atoms with Crippen LogP contribution < -0.4 is 0 Å². The fourth-order valence-electron chi connectivity index (χ4n) is 3.59. The van der Waals surface area contributed by atoms with Gasteiger partial charge in [0.2, 0.25) is 11.7 Å². The van der Waals surface area contributed by atoms with E-state index in [1.807, 2.05) is 19.2 Å². The van der Waals surface area contributed by atoms with E-state index in [4.69, 9.17) is 0 Å². The van der Waals surface area contributed by atoms with Crippen molar-refractivity contribution in [2.45, 2.75) is 31.8 Å². The molecule has 0 fully saturated rings. The second kappa shape index (κ2) is 7.26. The van der Waals surface area contributed by atoms with E-state index in [0.717, 1.165) is 19.3 Å². The quantitative estimate of drug-likeness (QED) is 0.713. The van der Waals surface area contributed by atoms with Gasteiger partial charge in [-0.2, -0.15) is 4.80 Å². The van der Waals surface area contributed by atoms with E-state index in [2.05, 4.69) is 27.5 Å². The molecule has 1 atom stereocenters. The number of hydrogen-bond donors (Lipinski definition) is 0. The first-order valence-electron chi connectivity index (χ1n) is 8.99. The van der Waals surface area contributed by atoms with E-state index >= 15 is 0 Å². The summed E-state index contributed by atoms with van der Waals surface area (Å²) in [7, 11) is 1.82. The van der Waals surface area contributed by atoms with Gasteiger partial charge in [-0.3, -0.25) is 4.79 Å². The summed E-state index contributed by atoms with van der Waals surface area (Å²) in [5.74, 6) is -0.150. The van der Waals surface area contributed by atoms with Crippen molar-refractivity contribution in [3.8, 4) is 11.4 Å². The molecule has 0 radical (unpaired) electrons. The Bertz CT molecular complexity index is 970. The lowest BCUT2D eigenvalue weighted by Gasteiger charge is -2.33. The van der Waals surface area contributed by atoms with Crippen LogP contribution in [0.5, 0.6) is 0 Å². The highest BCUT2D eigenvalue weighted by Gasteiger charge is 2.27. The maximum Gasteiger partial charge on any atom is 0.246 e. The van der Waals surface area contributed by atoms with Crippen LogP contribution >= 0.6 is 0 Å². The van der Waals surface area contributed by atoms with Crippen LogP contribution in [0, 0.1) is 5.82 Å². The second-order valence-corrected chi connectivity index (χ2v) is 6.77. The maximum absolute atomic E-state index is 13.4. The summed E-state index contributed by atoms with van der Waals surface area (Å²) in [5, 5.41) is 12.1. The fourth-order valence-corrected chi connectivity index (χ4v) is 3.59. The molecule has 0 spiro atoms. The smallest absolute Gasteiger partial charge is 0.246 e. The third-order valence-corrected chi connectivity index (χ3v) is 5.01. The van der Waals surface area contributed by atoms with Crippen LogP contribution in [0.15, 0.2) is 48.5 Å². The predicted molar refractivity (Wildman–Crippen MR) is 98.1 cm³/mol. The van der Waals surface area contributed by atoms with Crippen molar-refractivity contribution in [3.05, 3.63) is 65.5 Å². The minimum absolute atomic E-state index is 0.00250. The van der Waals surface area contributed by atoms with Gasteiger partial charge in [-0.25, -0.2) is 4.39 Å². The van der Waals surface area contributed by atoms with E-state index in [-0.39, 0.29) is 24.3 Å². The van der Waals surface area contributed by atoms with Gasteiger partial charge in [-0.15, -0.1) is 10.2 Å². The number of likely N-dealkylation sites (N-methyl/N-ethyl adjacent to an activating group) is 1. The van der Waals surface area contributed by atoms with Crippen LogP contribution in [0.25, 0.3) is 11.4 Å². The topological polar surface area (TPSA) is 63.9 Å². The molecule has 1 amide bonds. The SMILES string of the molecule is CN(C(=O)Cn1nnc(-c2cccc(F)c2)n1)[C@H]1CCCc2ccccc21. The van der Waals surface area contributed by atoms with Gasteiger partial charge < -0.3 is 4.90 Å². The minimum atomic E-state index is -0.365. The summed E-state index contributed by atoms with van der Waals surface area (Å²) in [6, 6.07) is 14.3. The molecule has 0 saturated carbocycles. The largest absolute Gasteiger partial charge is 0.337 e. The number of carbonyl (C=O) groups excluding carboxylic acids is 1. The van der Waals surface area contributed by atoms with Crippen molar-refractivity contribution in [1.29, 1.82) is 0 Å². The van der Waals surface area contributed by atoms with Crippen LogP contribution in [-0.2, 0) is 17.8 Å². The van der Waals surface area contributed by atoms with Crippen LogP contribution in [-0.4, -0.2) is 38.1 Å².